The van der Waals surface area contributed by atoms with Crippen LogP contribution in [0.15, 0.2) is 0 Å². The first-order valence-electron chi connectivity index (χ1n) is 14.3. The minimum atomic E-state index is -1.80. The van der Waals surface area contributed by atoms with Crippen LogP contribution in [0.2, 0.25) is 0 Å². The quantitative estimate of drug-likeness (QED) is 0.187. The Labute approximate surface area is 269 Å². The lowest BCUT2D eigenvalue weighted by Crippen LogP contribution is -2.69. The van der Waals surface area contributed by atoms with Crippen LogP contribution in [0.5, 0.6) is 0 Å². The van der Waals surface area contributed by atoms with Gasteiger partial charge in [0.15, 0.2) is 30.7 Å². The van der Waals surface area contributed by atoms with Crippen molar-refractivity contribution in [3.05, 3.63) is 0 Å². The molecule has 0 bridgehead atoms. The van der Waals surface area contributed by atoms with Gasteiger partial charge in [-0.25, -0.2) is 0 Å². The first-order chi connectivity index (χ1) is 21.9. The van der Waals surface area contributed by atoms with E-state index >= 15 is 0 Å². The van der Waals surface area contributed by atoms with Crippen LogP contribution >= 0.6 is 0 Å². The molecule has 19 heteroatoms. The molecule has 0 radical (unpaired) electrons. The Kier molecular flexibility index (Phi) is 14.5. The standard InChI is InChI=1S/C28H39NO18/c1-11(30)29-21-24(41-15(5)34)22(19(9-38-12(2)31)45-27(21)44-18(8)37)47-28-26(43-17(7)36)25(42-16(6)35)23(40-14(4)33)20(46-28)10-39-13(3)32/h19-28H,9-10H2,1-8H3,(H,29,30)/t19?,20?,21-,22+,23-,24+,25-,26-,27+,28-/m0/s1. The van der Waals surface area contributed by atoms with Gasteiger partial charge in [0.1, 0.15) is 37.6 Å². The molecule has 0 aromatic heterocycles. The number of ether oxygens (including phenoxy) is 10. The highest BCUT2D eigenvalue weighted by atomic mass is 16.8. The SMILES string of the molecule is CC(=O)N[C@@H]1[C@H](OC(C)=O)OC(COC(C)=O)[C@@H](O[C@@H]2OC(COC(C)=O)[C@H](OC(C)=O)[C@H](OC(C)=O)[C@@H]2OC(C)=O)[C@@H]1OC(C)=O. The molecule has 0 aliphatic carbocycles. The average Bonchev–Trinajstić information content (AvgIpc) is 2.91. The molecule has 47 heavy (non-hydrogen) atoms. The Morgan fingerprint density at radius 3 is 1.32 bits per heavy atom. The van der Waals surface area contributed by atoms with E-state index in [1.54, 1.807) is 0 Å². The van der Waals surface area contributed by atoms with Crippen molar-refractivity contribution in [1.29, 1.82) is 0 Å². The number of rotatable bonds is 12. The van der Waals surface area contributed by atoms with Crippen LogP contribution in [-0.4, -0.2) is 122 Å². The number of esters is 7. The molecule has 10 atom stereocenters. The zero-order chi connectivity index (χ0) is 35.6. The molecule has 2 fully saturated rings. The van der Waals surface area contributed by atoms with Crippen molar-refractivity contribution in [1.82, 2.24) is 5.32 Å². The molecule has 2 aliphatic heterocycles. The first-order valence-corrected chi connectivity index (χ1v) is 14.3. The van der Waals surface area contributed by atoms with Gasteiger partial charge in [0, 0.05) is 55.4 Å². The maximum Gasteiger partial charge on any atom is 0.305 e. The molecule has 2 aliphatic rings. The fraction of sp³-hybridized carbons (Fsp3) is 0.714. The van der Waals surface area contributed by atoms with Crippen molar-refractivity contribution in [3.8, 4) is 0 Å². The minimum Gasteiger partial charge on any atom is -0.463 e. The third kappa shape index (κ3) is 12.1. The normalized spacial score (nSPS) is 30.0. The number of carbonyl (C=O) groups is 8. The summed E-state index contributed by atoms with van der Waals surface area (Å²) in [4.78, 5) is 96.5. The van der Waals surface area contributed by atoms with Gasteiger partial charge in [0.25, 0.3) is 0 Å². The summed E-state index contributed by atoms with van der Waals surface area (Å²) >= 11 is 0. The van der Waals surface area contributed by atoms with E-state index in [0.717, 1.165) is 55.4 Å². The van der Waals surface area contributed by atoms with E-state index in [4.69, 9.17) is 47.4 Å². The molecule has 2 heterocycles. The van der Waals surface area contributed by atoms with E-state index in [1.165, 1.54) is 0 Å². The van der Waals surface area contributed by atoms with Crippen LogP contribution in [0.1, 0.15) is 55.4 Å². The number of hydrogen-bond donors (Lipinski definition) is 1. The molecule has 1 N–H and O–H groups in total. The predicted octanol–water partition coefficient (Wildman–Crippen LogP) is -1.26. The van der Waals surface area contributed by atoms with Crippen molar-refractivity contribution in [2.75, 3.05) is 13.2 Å². The lowest BCUT2D eigenvalue weighted by Gasteiger charge is -2.48. The van der Waals surface area contributed by atoms with Crippen LogP contribution in [0, 0.1) is 0 Å². The topological polar surface area (TPSA) is 241 Å². The summed E-state index contributed by atoms with van der Waals surface area (Å²) in [6.45, 7) is 7.30. The molecule has 0 saturated carbocycles. The molecule has 0 aromatic carbocycles. The zero-order valence-electron chi connectivity index (χ0n) is 27.0. The number of hydrogen-bond acceptors (Lipinski definition) is 18. The maximum absolute atomic E-state index is 12.3. The van der Waals surface area contributed by atoms with Gasteiger partial charge in [-0.15, -0.1) is 0 Å². The van der Waals surface area contributed by atoms with Crippen LogP contribution in [0.25, 0.3) is 0 Å². The second-order valence-corrected chi connectivity index (χ2v) is 10.4. The molecule has 2 unspecified atom stereocenters. The largest absolute Gasteiger partial charge is 0.463 e. The lowest BCUT2D eigenvalue weighted by atomic mass is 9.94. The van der Waals surface area contributed by atoms with Gasteiger partial charge in [0.2, 0.25) is 12.2 Å². The highest BCUT2D eigenvalue weighted by molar-refractivity contribution is 5.74. The summed E-state index contributed by atoms with van der Waals surface area (Å²) in [5.41, 5.74) is 0. The average molecular weight is 678 g/mol. The van der Waals surface area contributed by atoms with E-state index < -0.39 is 122 Å². The molecule has 264 valence electrons. The molecule has 2 rings (SSSR count). The lowest BCUT2D eigenvalue weighted by molar-refractivity contribution is -0.348. The summed E-state index contributed by atoms with van der Waals surface area (Å²) in [5, 5.41) is 2.48. The van der Waals surface area contributed by atoms with Crippen LogP contribution < -0.4 is 5.32 Å². The second kappa shape index (κ2) is 17.5. The van der Waals surface area contributed by atoms with Crippen molar-refractivity contribution in [2.24, 2.45) is 0 Å². The third-order valence-electron chi connectivity index (χ3n) is 6.29. The van der Waals surface area contributed by atoms with Crippen LogP contribution in [-0.2, 0) is 85.7 Å². The van der Waals surface area contributed by atoms with Gasteiger partial charge in [-0.2, -0.15) is 0 Å². The van der Waals surface area contributed by atoms with Gasteiger partial charge in [-0.05, 0) is 0 Å². The summed E-state index contributed by atoms with van der Waals surface area (Å²) < 4.78 is 55.2. The fourth-order valence-electron chi connectivity index (χ4n) is 4.84. The molecule has 19 nitrogen and oxygen atoms in total. The second-order valence-electron chi connectivity index (χ2n) is 10.4. The highest BCUT2D eigenvalue weighted by Crippen LogP contribution is 2.34. The number of carbonyl (C=O) groups excluding carboxylic acids is 8. The summed E-state index contributed by atoms with van der Waals surface area (Å²) in [6.07, 6.45) is -14.2. The maximum atomic E-state index is 12.3. The Balaban J connectivity index is 2.73. The van der Waals surface area contributed by atoms with Crippen LogP contribution in [0.4, 0.5) is 0 Å². The van der Waals surface area contributed by atoms with E-state index in [1.807, 2.05) is 0 Å². The smallest absolute Gasteiger partial charge is 0.305 e. The Morgan fingerprint density at radius 1 is 0.468 bits per heavy atom. The van der Waals surface area contributed by atoms with Crippen molar-refractivity contribution in [2.45, 2.75) is 117 Å². The van der Waals surface area contributed by atoms with Gasteiger partial charge >= 0.3 is 41.8 Å². The molecule has 0 aromatic rings. The Bertz CT molecular complexity index is 1200. The van der Waals surface area contributed by atoms with Crippen LogP contribution in [0.3, 0.4) is 0 Å². The Hall–Kier alpha value is -4.36. The van der Waals surface area contributed by atoms with Gasteiger partial charge in [-0.3, -0.25) is 38.4 Å². The molecular weight excluding hydrogens is 638 g/mol. The van der Waals surface area contributed by atoms with E-state index in [-0.39, 0.29) is 0 Å². The highest BCUT2D eigenvalue weighted by Gasteiger charge is 2.57. The van der Waals surface area contributed by atoms with Crippen molar-refractivity contribution in [3.63, 3.8) is 0 Å². The van der Waals surface area contributed by atoms with Crippen molar-refractivity contribution < 1.29 is 85.7 Å². The van der Waals surface area contributed by atoms with E-state index in [2.05, 4.69) is 5.32 Å². The molecule has 1 amide bonds. The third-order valence-corrected chi connectivity index (χ3v) is 6.29. The van der Waals surface area contributed by atoms with E-state index in [0.29, 0.717) is 0 Å². The fourth-order valence-corrected chi connectivity index (χ4v) is 4.84. The van der Waals surface area contributed by atoms with Gasteiger partial charge in [-0.1, -0.05) is 0 Å². The molecular formula is C28H39NO18. The Morgan fingerprint density at radius 2 is 0.872 bits per heavy atom. The first kappa shape index (κ1) is 38.8. The number of nitrogens with one attached hydrogen (secondary N) is 1. The van der Waals surface area contributed by atoms with E-state index in [9.17, 15) is 38.4 Å². The zero-order valence-corrected chi connectivity index (χ0v) is 27.0. The predicted molar refractivity (Wildman–Crippen MR) is 147 cm³/mol. The van der Waals surface area contributed by atoms with Gasteiger partial charge < -0.3 is 52.7 Å². The van der Waals surface area contributed by atoms with Gasteiger partial charge in [0.05, 0.1) is 0 Å². The summed E-state index contributed by atoms with van der Waals surface area (Å²) in [7, 11) is 0. The minimum absolute atomic E-state index is 0.577. The van der Waals surface area contributed by atoms with Crippen molar-refractivity contribution >= 4 is 47.7 Å². The summed E-state index contributed by atoms with van der Waals surface area (Å²) in [6, 6.07) is -1.43. The molecule has 2 saturated heterocycles. The molecule has 0 spiro atoms. The monoisotopic (exact) mass is 677 g/mol. The summed E-state index contributed by atoms with van der Waals surface area (Å²) in [5.74, 6) is -6.64. The number of amides is 1.